The molecule has 1 amide bonds. The van der Waals surface area contributed by atoms with E-state index < -0.39 is 6.09 Å². The number of amides is 1. The van der Waals surface area contributed by atoms with Crippen LogP contribution in [-0.4, -0.2) is 35.5 Å². The third-order valence-corrected chi connectivity index (χ3v) is 2.00. The molecule has 1 aliphatic heterocycles. The normalized spacial score (nSPS) is 19.8. The Morgan fingerprint density at radius 2 is 2.00 bits per heavy atom. The van der Waals surface area contributed by atoms with Gasteiger partial charge in [0.05, 0.1) is 0 Å². The summed E-state index contributed by atoms with van der Waals surface area (Å²) in [5.41, 5.74) is 0. The van der Waals surface area contributed by atoms with E-state index in [9.17, 15) is 9.59 Å². The molecule has 62 valence electrons. The number of rotatable bonds is 1. The van der Waals surface area contributed by atoms with E-state index in [1.165, 1.54) is 4.90 Å². The highest BCUT2D eigenvalue weighted by molar-refractivity contribution is 5.65. The Morgan fingerprint density at radius 1 is 1.45 bits per heavy atom. The molecule has 1 heterocycles. The van der Waals surface area contributed by atoms with Gasteiger partial charge in [0.25, 0.3) is 0 Å². The van der Waals surface area contributed by atoms with Gasteiger partial charge < -0.3 is 14.8 Å². The van der Waals surface area contributed by atoms with Crippen LogP contribution in [-0.2, 0) is 4.79 Å². The van der Waals surface area contributed by atoms with Gasteiger partial charge >= 0.3 is 6.09 Å². The highest BCUT2D eigenvalue weighted by atomic mass is 16.4. The third kappa shape index (κ3) is 1.93. The van der Waals surface area contributed by atoms with Crippen LogP contribution in [0.1, 0.15) is 12.8 Å². The summed E-state index contributed by atoms with van der Waals surface area (Å²) in [7, 11) is 0. The second-order valence-electron chi connectivity index (χ2n) is 2.74. The van der Waals surface area contributed by atoms with Gasteiger partial charge in [-0.1, -0.05) is 0 Å². The first kappa shape index (κ1) is 8.04. The lowest BCUT2D eigenvalue weighted by Crippen LogP contribution is -2.37. The van der Waals surface area contributed by atoms with Crippen molar-refractivity contribution in [1.29, 1.82) is 0 Å². The van der Waals surface area contributed by atoms with Crippen molar-refractivity contribution in [1.82, 2.24) is 4.90 Å². The minimum Gasteiger partial charge on any atom is -0.465 e. The van der Waals surface area contributed by atoms with Crippen LogP contribution in [0.4, 0.5) is 4.79 Å². The minimum atomic E-state index is -0.880. The maximum Gasteiger partial charge on any atom is 0.407 e. The Balaban J connectivity index is 2.35. The minimum absolute atomic E-state index is 0.0746. The molecule has 0 atom stereocenters. The average molecular weight is 157 g/mol. The SMILES string of the molecule is O=CC1CCN(C(=O)O)CC1. The zero-order chi connectivity index (χ0) is 8.27. The monoisotopic (exact) mass is 157 g/mol. The molecule has 1 saturated heterocycles. The highest BCUT2D eigenvalue weighted by Gasteiger charge is 2.21. The fraction of sp³-hybridized carbons (Fsp3) is 0.714. The molecule has 11 heavy (non-hydrogen) atoms. The molecule has 0 bridgehead atoms. The molecule has 1 N–H and O–H groups in total. The van der Waals surface area contributed by atoms with Gasteiger partial charge in [-0.25, -0.2) is 4.79 Å². The first-order chi connectivity index (χ1) is 5.24. The molecule has 0 spiro atoms. The van der Waals surface area contributed by atoms with E-state index in [-0.39, 0.29) is 5.92 Å². The molecule has 0 aromatic carbocycles. The number of hydrogen-bond acceptors (Lipinski definition) is 2. The van der Waals surface area contributed by atoms with E-state index in [1.807, 2.05) is 0 Å². The maximum absolute atomic E-state index is 10.4. The van der Waals surface area contributed by atoms with Crippen LogP contribution in [0.5, 0.6) is 0 Å². The van der Waals surface area contributed by atoms with E-state index in [0.29, 0.717) is 25.9 Å². The summed E-state index contributed by atoms with van der Waals surface area (Å²) in [6, 6.07) is 0. The number of hydrogen-bond donors (Lipinski definition) is 1. The number of carbonyl (C=O) groups is 2. The van der Waals surface area contributed by atoms with Crippen LogP contribution in [0.3, 0.4) is 0 Å². The first-order valence-corrected chi connectivity index (χ1v) is 3.67. The van der Waals surface area contributed by atoms with Crippen molar-refractivity contribution in [3.05, 3.63) is 0 Å². The maximum atomic E-state index is 10.4. The molecule has 1 aliphatic rings. The van der Waals surface area contributed by atoms with Crippen molar-refractivity contribution in [3.63, 3.8) is 0 Å². The number of likely N-dealkylation sites (tertiary alicyclic amines) is 1. The van der Waals surface area contributed by atoms with Gasteiger partial charge in [-0.15, -0.1) is 0 Å². The first-order valence-electron chi connectivity index (χ1n) is 3.67. The molecule has 0 aromatic heterocycles. The predicted octanol–water partition coefficient (Wildman–Crippen LogP) is 0.575. The average Bonchev–Trinajstić information content (AvgIpc) is 2.05. The van der Waals surface area contributed by atoms with E-state index >= 15 is 0 Å². The van der Waals surface area contributed by atoms with Crippen LogP contribution in [0.25, 0.3) is 0 Å². The number of aldehydes is 1. The van der Waals surface area contributed by atoms with Crippen LogP contribution in [0.15, 0.2) is 0 Å². The molecular weight excluding hydrogens is 146 g/mol. The Kier molecular flexibility index (Phi) is 2.46. The van der Waals surface area contributed by atoms with Gasteiger partial charge in [0.15, 0.2) is 0 Å². The van der Waals surface area contributed by atoms with Crippen molar-refractivity contribution in [2.24, 2.45) is 5.92 Å². The summed E-state index contributed by atoms with van der Waals surface area (Å²) in [5.74, 6) is 0.0746. The van der Waals surface area contributed by atoms with Crippen molar-refractivity contribution in [2.45, 2.75) is 12.8 Å². The van der Waals surface area contributed by atoms with Gasteiger partial charge in [0.2, 0.25) is 0 Å². The topological polar surface area (TPSA) is 57.6 Å². The predicted molar refractivity (Wildman–Crippen MR) is 38.4 cm³/mol. The number of nitrogens with zero attached hydrogens (tertiary/aromatic N) is 1. The second-order valence-corrected chi connectivity index (χ2v) is 2.74. The zero-order valence-corrected chi connectivity index (χ0v) is 6.19. The zero-order valence-electron chi connectivity index (χ0n) is 6.19. The van der Waals surface area contributed by atoms with Crippen molar-refractivity contribution < 1.29 is 14.7 Å². The summed E-state index contributed by atoms with van der Waals surface area (Å²) in [4.78, 5) is 22.0. The largest absolute Gasteiger partial charge is 0.465 e. The molecule has 0 aromatic rings. The third-order valence-electron chi connectivity index (χ3n) is 2.00. The summed E-state index contributed by atoms with van der Waals surface area (Å²) < 4.78 is 0. The van der Waals surface area contributed by atoms with Gasteiger partial charge in [-0.2, -0.15) is 0 Å². The molecule has 0 unspecified atom stereocenters. The van der Waals surface area contributed by atoms with Crippen LogP contribution < -0.4 is 0 Å². The Morgan fingerprint density at radius 3 is 2.36 bits per heavy atom. The van der Waals surface area contributed by atoms with Crippen LogP contribution >= 0.6 is 0 Å². The number of carbonyl (C=O) groups excluding carboxylic acids is 1. The van der Waals surface area contributed by atoms with E-state index in [4.69, 9.17) is 5.11 Å². The quantitative estimate of drug-likeness (QED) is 0.566. The second kappa shape index (κ2) is 3.37. The molecule has 4 nitrogen and oxygen atoms in total. The molecule has 0 saturated carbocycles. The van der Waals surface area contributed by atoms with Gasteiger partial charge in [-0.05, 0) is 12.8 Å². The van der Waals surface area contributed by atoms with Crippen LogP contribution in [0.2, 0.25) is 0 Å². The van der Waals surface area contributed by atoms with Gasteiger partial charge in [-0.3, -0.25) is 0 Å². The Labute approximate surface area is 64.8 Å². The Bertz CT molecular complexity index is 161. The van der Waals surface area contributed by atoms with Crippen molar-refractivity contribution >= 4 is 12.4 Å². The lowest BCUT2D eigenvalue weighted by molar-refractivity contribution is -0.112. The van der Waals surface area contributed by atoms with E-state index in [0.717, 1.165) is 6.29 Å². The molecular formula is C7H11NO3. The van der Waals surface area contributed by atoms with Crippen molar-refractivity contribution in [2.75, 3.05) is 13.1 Å². The Hall–Kier alpha value is -1.06. The molecule has 1 rings (SSSR count). The molecule has 4 heteroatoms. The summed E-state index contributed by atoms with van der Waals surface area (Å²) in [5, 5.41) is 8.53. The number of piperidine rings is 1. The molecule has 1 fully saturated rings. The lowest BCUT2D eigenvalue weighted by Gasteiger charge is -2.26. The number of carboxylic acid groups (broad SMARTS) is 1. The summed E-state index contributed by atoms with van der Waals surface area (Å²) >= 11 is 0. The fourth-order valence-corrected chi connectivity index (χ4v) is 1.23. The van der Waals surface area contributed by atoms with E-state index in [1.54, 1.807) is 0 Å². The summed E-state index contributed by atoms with van der Waals surface area (Å²) in [6.07, 6.45) is 1.39. The molecule has 0 radical (unpaired) electrons. The van der Waals surface area contributed by atoms with Gasteiger partial charge in [0, 0.05) is 19.0 Å². The standard InChI is InChI=1S/C7H11NO3/c9-5-6-1-3-8(4-2-6)7(10)11/h5-6H,1-4H2,(H,10,11). The molecule has 0 aliphatic carbocycles. The van der Waals surface area contributed by atoms with Crippen LogP contribution in [0, 0.1) is 5.92 Å². The van der Waals surface area contributed by atoms with E-state index in [2.05, 4.69) is 0 Å². The smallest absolute Gasteiger partial charge is 0.407 e. The summed E-state index contributed by atoms with van der Waals surface area (Å²) in [6.45, 7) is 0.998. The van der Waals surface area contributed by atoms with Gasteiger partial charge in [0.1, 0.15) is 6.29 Å². The lowest BCUT2D eigenvalue weighted by atomic mass is 9.99. The highest BCUT2D eigenvalue weighted by Crippen LogP contribution is 2.14. The fourth-order valence-electron chi connectivity index (χ4n) is 1.23. The van der Waals surface area contributed by atoms with Crippen molar-refractivity contribution in [3.8, 4) is 0 Å².